The minimum absolute atomic E-state index is 0.888. The number of furan rings is 1. The highest BCUT2D eigenvalue weighted by atomic mass is 16.3. The largest absolute Gasteiger partial charge is 0.456 e. The molecular weight excluding hydrogens is 258 g/mol. The maximum atomic E-state index is 5.93. The predicted molar refractivity (Wildman–Crippen MR) is 86.4 cm³/mol. The van der Waals surface area contributed by atoms with Gasteiger partial charge < -0.3 is 4.42 Å². The van der Waals surface area contributed by atoms with Gasteiger partial charge >= 0.3 is 0 Å². The van der Waals surface area contributed by atoms with E-state index in [1.54, 1.807) is 0 Å². The minimum atomic E-state index is 0.888. The Morgan fingerprint density at radius 1 is 0.810 bits per heavy atom. The summed E-state index contributed by atoms with van der Waals surface area (Å²) in [5, 5.41) is 2.19. The van der Waals surface area contributed by atoms with Crippen LogP contribution in [0.5, 0.6) is 0 Å². The Balaban J connectivity index is 1.94. The van der Waals surface area contributed by atoms with Crippen LogP contribution in [0.2, 0.25) is 0 Å². The Morgan fingerprint density at radius 2 is 1.67 bits per heavy atom. The van der Waals surface area contributed by atoms with Gasteiger partial charge in [0.15, 0.2) is 0 Å². The van der Waals surface area contributed by atoms with Crippen molar-refractivity contribution in [1.29, 1.82) is 0 Å². The number of hydrogen-bond acceptors (Lipinski definition) is 2. The molecule has 4 rings (SSSR count). The fraction of sp³-hybridized carbons (Fsp3) is 0.105. The zero-order chi connectivity index (χ0) is 14.4. The molecule has 2 aromatic heterocycles. The third-order valence-corrected chi connectivity index (χ3v) is 4.07. The molecule has 2 nitrogen and oxygen atoms in total. The van der Waals surface area contributed by atoms with Gasteiger partial charge in [-0.2, -0.15) is 0 Å². The highest BCUT2D eigenvalue weighted by molar-refractivity contribution is 6.05. The summed E-state index contributed by atoms with van der Waals surface area (Å²) < 4.78 is 5.93. The number of hydrogen-bond donors (Lipinski definition) is 0. The van der Waals surface area contributed by atoms with Crippen molar-refractivity contribution in [3.05, 3.63) is 65.9 Å². The van der Waals surface area contributed by atoms with E-state index in [1.807, 2.05) is 30.5 Å². The van der Waals surface area contributed by atoms with Gasteiger partial charge in [-0.1, -0.05) is 30.3 Å². The molecule has 0 N–H and O–H groups in total. The average Bonchev–Trinajstić information content (AvgIpc) is 2.87. The standard InChI is InChI=1S/C19H15NO/c1-12-7-8-14(9-13(12)2)17-10-19-16(11-20-17)15-5-3-4-6-18(15)21-19/h3-11H,1-2H3. The van der Waals surface area contributed by atoms with Crippen LogP contribution in [0.3, 0.4) is 0 Å². The lowest BCUT2D eigenvalue weighted by atomic mass is 10.0. The number of rotatable bonds is 1. The summed E-state index contributed by atoms with van der Waals surface area (Å²) in [6.07, 6.45) is 1.91. The molecule has 0 bridgehead atoms. The Hall–Kier alpha value is -2.61. The maximum Gasteiger partial charge on any atom is 0.139 e. The van der Waals surface area contributed by atoms with E-state index in [2.05, 4.69) is 43.1 Å². The van der Waals surface area contributed by atoms with Crippen molar-refractivity contribution in [3.63, 3.8) is 0 Å². The molecular formula is C19H15NO. The van der Waals surface area contributed by atoms with Crippen molar-refractivity contribution < 1.29 is 4.42 Å². The molecule has 0 fully saturated rings. The summed E-state index contributed by atoms with van der Waals surface area (Å²) in [5.74, 6) is 0. The van der Waals surface area contributed by atoms with Gasteiger partial charge in [-0.25, -0.2) is 0 Å². The molecule has 0 aliphatic rings. The Morgan fingerprint density at radius 3 is 2.52 bits per heavy atom. The van der Waals surface area contributed by atoms with E-state index in [0.717, 1.165) is 33.2 Å². The molecule has 0 aliphatic carbocycles. The maximum absolute atomic E-state index is 5.93. The number of aromatic nitrogens is 1. The molecule has 0 saturated carbocycles. The van der Waals surface area contributed by atoms with E-state index in [9.17, 15) is 0 Å². The van der Waals surface area contributed by atoms with Crippen LogP contribution in [0.1, 0.15) is 11.1 Å². The van der Waals surface area contributed by atoms with Crippen LogP contribution in [-0.4, -0.2) is 4.98 Å². The normalized spacial score (nSPS) is 11.3. The highest BCUT2D eigenvalue weighted by Crippen LogP contribution is 2.30. The second kappa shape index (κ2) is 4.45. The lowest BCUT2D eigenvalue weighted by molar-refractivity contribution is 0.668. The molecule has 2 heterocycles. The van der Waals surface area contributed by atoms with Crippen LogP contribution >= 0.6 is 0 Å². The van der Waals surface area contributed by atoms with Crippen molar-refractivity contribution in [3.8, 4) is 11.3 Å². The Bertz CT molecular complexity index is 966. The number of nitrogens with zero attached hydrogens (tertiary/aromatic N) is 1. The van der Waals surface area contributed by atoms with Gasteiger partial charge in [0.05, 0.1) is 5.69 Å². The van der Waals surface area contributed by atoms with E-state index in [-0.39, 0.29) is 0 Å². The molecule has 0 amide bonds. The second-order valence-electron chi connectivity index (χ2n) is 5.46. The SMILES string of the molecule is Cc1ccc(-c2cc3oc4ccccc4c3cn2)cc1C. The molecule has 21 heavy (non-hydrogen) atoms. The third-order valence-electron chi connectivity index (χ3n) is 4.07. The van der Waals surface area contributed by atoms with Crippen LogP contribution in [0.25, 0.3) is 33.2 Å². The summed E-state index contributed by atoms with van der Waals surface area (Å²) in [5.41, 5.74) is 6.44. The molecule has 0 radical (unpaired) electrons. The number of benzene rings is 2. The number of pyridine rings is 1. The number of fused-ring (bicyclic) bond motifs is 3. The molecule has 0 unspecified atom stereocenters. The van der Waals surface area contributed by atoms with Gasteiger partial charge in [-0.3, -0.25) is 4.98 Å². The second-order valence-corrected chi connectivity index (χ2v) is 5.46. The monoisotopic (exact) mass is 273 g/mol. The van der Waals surface area contributed by atoms with E-state index < -0.39 is 0 Å². The van der Waals surface area contributed by atoms with Crippen LogP contribution in [0.4, 0.5) is 0 Å². The summed E-state index contributed by atoms with van der Waals surface area (Å²) in [4.78, 5) is 4.61. The molecule has 2 heteroatoms. The van der Waals surface area contributed by atoms with Crippen molar-refractivity contribution in [2.45, 2.75) is 13.8 Å². The van der Waals surface area contributed by atoms with Gasteiger partial charge in [0.2, 0.25) is 0 Å². The van der Waals surface area contributed by atoms with E-state index in [4.69, 9.17) is 4.42 Å². The summed E-state index contributed by atoms with van der Waals surface area (Å²) in [6, 6.07) is 16.5. The van der Waals surface area contributed by atoms with Gasteiger partial charge in [0, 0.05) is 28.6 Å². The summed E-state index contributed by atoms with van der Waals surface area (Å²) in [7, 11) is 0. The predicted octanol–water partition coefficient (Wildman–Crippen LogP) is 5.26. The molecule has 0 spiro atoms. The number of para-hydroxylation sites is 1. The van der Waals surface area contributed by atoms with Crippen molar-refractivity contribution in [1.82, 2.24) is 4.98 Å². The van der Waals surface area contributed by atoms with Crippen LogP contribution in [0, 0.1) is 13.8 Å². The fourth-order valence-electron chi connectivity index (χ4n) is 2.68. The third kappa shape index (κ3) is 1.91. The summed E-state index contributed by atoms with van der Waals surface area (Å²) >= 11 is 0. The number of aryl methyl sites for hydroxylation is 2. The molecule has 102 valence electrons. The van der Waals surface area contributed by atoms with Gasteiger partial charge in [-0.15, -0.1) is 0 Å². The Labute approximate surface area is 123 Å². The van der Waals surface area contributed by atoms with Crippen molar-refractivity contribution in [2.24, 2.45) is 0 Å². The summed E-state index contributed by atoms with van der Waals surface area (Å²) in [6.45, 7) is 4.24. The molecule has 0 saturated heterocycles. The molecule has 0 atom stereocenters. The quantitative estimate of drug-likeness (QED) is 0.472. The van der Waals surface area contributed by atoms with Crippen molar-refractivity contribution in [2.75, 3.05) is 0 Å². The lowest BCUT2D eigenvalue weighted by Crippen LogP contribution is -1.86. The first kappa shape index (κ1) is 12.2. The van der Waals surface area contributed by atoms with Crippen LogP contribution in [0.15, 0.2) is 59.1 Å². The van der Waals surface area contributed by atoms with Gasteiger partial charge in [0.25, 0.3) is 0 Å². The first-order valence-corrected chi connectivity index (χ1v) is 7.07. The zero-order valence-electron chi connectivity index (χ0n) is 12.1. The lowest BCUT2D eigenvalue weighted by Gasteiger charge is -2.04. The van der Waals surface area contributed by atoms with E-state index in [0.29, 0.717) is 0 Å². The Kier molecular flexibility index (Phi) is 2.58. The van der Waals surface area contributed by atoms with Crippen molar-refractivity contribution >= 4 is 21.9 Å². The molecule has 0 aliphatic heterocycles. The van der Waals surface area contributed by atoms with Crippen LogP contribution in [-0.2, 0) is 0 Å². The first-order chi connectivity index (χ1) is 10.2. The minimum Gasteiger partial charge on any atom is -0.456 e. The zero-order valence-corrected chi connectivity index (χ0v) is 12.1. The van der Waals surface area contributed by atoms with E-state index >= 15 is 0 Å². The topological polar surface area (TPSA) is 26.0 Å². The van der Waals surface area contributed by atoms with Gasteiger partial charge in [-0.05, 0) is 37.1 Å². The molecule has 2 aromatic carbocycles. The highest BCUT2D eigenvalue weighted by Gasteiger charge is 2.09. The van der Waals surface area contributed by atoms with Crippen LogP contribution < -0.4 is 0 Å². The molecule has 4 aromatic rings. The van der Waals surface area contributed by atoms with E-state index in [1.165, 1.54) is 11.1 Å². The fourth-order valence-corrected chi connectivity index (χ4v) is 2.68. The first-order valence-electron chi connectivity index (χ1n) is 7.07. The smallest absolute Gasteiger partial charge is 0.139 e. The van der Waals surface area contributed by atoms with Gasteiger partial charge in [0.1, 0.15) is 11.2 Å². The average molecular weight is 273 g/mol.